The van der Waals surface area contributed by atoms with Gasteiger partial charge in [-0.15, -0.1) is 0 Å². The minimum atomic E-state index is -3.21. The van der Waals surface area contributed by atoms with E-state index in [2.05, 4.69) is 5.32 Å². The van der Waals surface area contributed by atoms with Crippen LogP contribution in [0.15, 0.2) is 30.3 Å². The van der Waals surface area contributed by atoms with Crippen molar-refractivity contribution in [2.24, 2.45) is 0 Å². The molecule has 5 heteroatoms. The topological polar surface area (TPSA) is 63.2 Å². The molecule has 0 radical (unpaired) electrons. The monoisotopic (exact) mass is 311 g/mol. The fourth-order valence-corrected chi connectivity index (χ4v) is 2.98. The van der Waals surface area contributed by atoms with E-state index in [9.17, 15) is 13.2 Å². The molecule has 0 spiro atoms. The lowest BCUT2D eigenvalue weighted by molar-refractivity contribution is -0.122. The zero-order valence-electron chi connectivity index (χ0n) is 13.2. The second-order valence-electron chi connectivity index (χ2n) is 6.09. The van der Waals surface area contributed by atoms with E-state index < -0.39 is 14.6 Å². The lowest BCUT2D eigenvalue weighted by atomic mass is 9.96. The fraction of sp³-hybridized carbons (Fsp3) is 0.562. The van der Waals surface area contributed by atoms with Crippen LogP contribution >= 0.6 is 0 Å². The smallest absolute Gasteiger partial charge is 0.227 e. The summed E-state index contributed by atoms with van der Waals surface area (Å²) < 4.78 is 23.2. The van der Waals surface area contributed by atoms with Crippen LogP contribution in [-0.4, -0.2) is 31.4 Å². The fourth-order valence-electron chi connectivity index (χ4n) is 2.00. The lowest BCUT2D eigenvalue weighted by Gasteiger charge is -2.20. The molecule has 0 bridgehead atoms. The van der Waals surface area contributed by atoms with Gasteiger partial charge in [-0.05, 0) is 32.8 Å². The maximum atomic E-state index is 12.2. The third kappa shape index (κ3) is 4.84. The third-order valence-electron chi connectivity index (χ3n) is 3.53. The highest BCUT2D eigenvalue weighted by atomic mass is 32.2. The zero-order valence-corrected chi connectivity index (χ0v) is 14.0. The van der Waals surface area contributed by atoms with Gasteiger partial charge in [-0.1, -0.05) is 37.3 Å². The zero-order chi connectivity index (χ0) is 16.1. The van der Waals surface area contributed by atoms with Crippen molar-refractivity contribution < 1.29 is 13.2 Å². The number of amides is 1. The number of carbonyl (C=O) groups is 1. The minimum absolute atomic E-state index is 0.0343. The molecule has 0 aliphatic heterocycles. The molecule has 21 heavy (non-hydrogen) atoms. The van der Waals surface area contributed by atoms with Crippen molar-refractivity contribution in [2.45, 2.75) is 44.8 Å². The van der Waals surface area contributed by atoms with Crippen LogP contribution in [0.2, 0.25) is 0 Å². The van der Waals surface area contributed by atoms with Gasteiger partial charge in [0, 0.05) is 6.54 Å². The minimum Gasteiger partial charge on any atom is -0.355 e. The first-order chi connectivity index (χ1) is 9.69. The van der Waals surface area contributed by atoms with Gasteiger partial charge < -0.3 is 5.32 Å². The van der Waals surface area contributed by atoms with Crippen molar-refractivity contribution in [3.8, 4) is 0 Å². The van der Waals surface area contributed by atoms with Crippen molar-refractivity contribution in [2.75, 3.05) is 12.3 Å². The molecule has 0 heterocycles. The Morgan fingerprint density at radius 3 is 2.24 bits per heavy atom. The predicted octanol–water partition coefficient (Wildman–Crippen LogP) is 2.51. The van der Waals surface area contributed by atoms with E-state index in [1.165, 1.54) is 0 Å². The number of nitrogens with one attached hydrogen (secondary N) is 1. The van der Waals surface area contributed by atoms with Crippen molar-refractivity contribution in [1.29, 1.82) is 0 Å². The Bertz CT molecular complexity index is 559. The summed E-state index contributed by atoms with van der Waals surface area (Å²) in [6.45, 7) is 7.11. The van der Waals surface area contributed by atoms with E-state index in [1.807, 2.05) is 37.3 Å². The second kappa shape index (κ2) is 7.07. The van der Waals surface area contributed by atoms with Gasteiger partial charge in [0.15, 0.2) is 9.84 Å². The molecule has 1 N–H and O–H groups in total. The summed E-state index contributed by atoms with van der Waals surface area (Å²) >= 11 is 0. The quantitative estimate of drug-likeness (QED) is 0.878. The summed E-state index contributed by atoms with van der Waals surface area (Å²) in [6.07, 6.45) is 0.682. The molecule has 1 aromatic carbocycles. The average Bonchev–Trinajstić information content (AvgIpc) is 2.39. The number of benzene rings is 1. The number of hydrogen-bond donors (Lipinski definition) is 1. The highest BCUT2D eigenvalue weighted by molar-refractivity contribution is 7.92. The van der Waals surface area contributed by atoms with Crippen LogP contribution in [-0.2, 0) is 14.6 Å². The molecule has 0 aromatic heterocycles. The van der Waals surface area contributed by atoms with Crippen molar-refractivity contribution in [1.82, 2.24) is 5.32 Å². The highest BCUT2D eigenvalue weighted by Gasteiger charge is 2.28. The van der Waals surface area contributed by atoms with Crippen LogP contribution < -0.4 is 5.32 Å². The summed E-state index contributed by atoms with van der Waals surface area (Å²) in [6, 6.07) is 9.54. The molecule has 0 saturated carbocycles. The van der Waals surface area contributed by atoms with Crippen molar-refractivity contribution in [3.05, 3.63) is 35.9 Å². The first-order valence-electron chi connectivity index (χ1n) is 7.24. The summed E-state index contributed by atoms with van der Waals surface area (Å²) in [7, 11) is -3.21. The Morgan fingerprint density at radius 2 is 1.76 bits per heavy atom. The van der Waals surface area contributed by atoms with E-state index in [0.717, 1.165) is 5.56 Å². The molecule has 1 amide bonds. The van der Waals surface area contributed by atoms with Crippen LogP contribution in [0.4, 0.5) is 0 Å². The van der Waals surface area contributed by atoms with E-state index in [-0.39, 0.29) is 24.1 Å². The maximum Gasteiger partial charge on any atom is 0.227 e. The van der Waals surface area contributed by atoms with Gasteiger partial charge in [-0.3, -0.25) is 4.79 Å². The van der Waals surface area contributed by atoms with Gasteiger partial charge in [-0.2, -0.15) is 0 Å². The van der Waals surface area contributed by atoms with Gasteiger partial charge in [0.2, 0.25) is 5.91 Å². The van der Waals surface area contributed by atoms with E-state index >= 15 is 0 Å². The molecule has 118 valence electrons. The predicted molar refractivity (Wildman–Crippen MR) is 86.0 cm³/mol. The molecule has 1 unspecified atom stereocenters. The number of rotatable bonds is 6. The van der Waals surface area contributed by atoms with Gasteiger partial charge in [-0.25, -0.2) is 8.42 Å². The van der Waals surface area contributed by atoms with Gasteiger partial charge in [0.25, 0.3) is 0 Å². The van der Waals surface area contributed by atoms with E-state index in [4.69, 9.17) is 0 Å². The largest absolute Gasteiger partial charge is 0.355 e. The molecule has 0 fully saturated rings. The molecule has 1 aromatic rings. The van der Waals surface area contributed by atoms with Crippen LogP contribution in [0.5, 0.6) is 0 Å². The van der Waals surface area contributed by atoms with Crippen molar-refractivity contribution in [3.63, 3.8) is 0 Å². The van der Waals surface area contributed by atoms with Gasteiger partial charge in [0.05, 0.1) is 16.4 Å². The first kappa shape index (κ1) is 17.7. The highest BCUT2D eigenvalue weighted by Crippen LogP contribution is 2.19. The van der Waals surface area contributed by atoms with Crippen LogP contribution in [0.25, 0.3) is 0 Å². The van der Waals surface area contributed by atoms with Gasteiger partial charge in [0.1, 0.15) is 0 Å². The molecular formula is C16H25NO3S. The van der Waals surface area contributed by atoms with Crippen molar-refractivity contribution >= 4 is 15.7 Å². The average molecular weight is 311 g/mol. The molecule has 0 aliphatic carbocycles. The number of hydrogen-bond acceptors (Lipinski definition) is 3. The summed E-state index contributed by atoms with van der Waals surface area (Å²) in [5, 5.41) is 2.74. The lowest BCUT2D eigenvalue weighted by Crippen LogP contribution is -2.38. The van der Waals surface area contributed by atoms with Crippen LogP contribution in [0, 0.1) is 0 Å². The van der Waals surface area contributed by atoms with Crippen LogP contribution in [0.3, 0.4) is 0 Å². The molecule has 4 nitrogen and oxygen atoms in total. The Labute approximate surface area is 127 Å². The number of sulfone groups is 1. The first-order valence-corrected chi connectivity index (χ1v) is 8.89. The molecule has 1 rings (SSSR count). The standard InChI is InChI=1S/C16H25NO3S/c1-5-14(13-9-7-6-8-10-13)15(18)17-11-12-21(19,20)16(2,3)4/h6-10,14H,5,11-12H2,1-4H3,(H,17,18). The van der Waals surface area contributed by atoms with Gasteiger partial charge >= 0.3 is 0 Å². The number of carbonyl (C=O) groups excluding carboxylic acids is 1. The Balaban J connectivity index is 2.62. The Morgan fingerprint density at radius 1 is 1.19 bits per heavy atom. The van der Waals surface area contributed by atoms with Crippen LogP contribution in [0.1, 0.15) is 45.6 Å². The third-order valence-corrected chi connectivity index (χ3v) is 6.14. The summed E-state index contributed by atoms with van der Waals surface area (Å²) in [5.74, 6) is -0.385. The van der Waals surface area contributed by atoms with E-state index in [1.54, 1.807) is 20.8 Å². The Hall–Kier alpha value is -1.36. The Kier molecular flexibility index (Phi) is 5.96. The normalized spacial score (nSPS) is 13.7. The maximum absolute atomic E-state index is 12.2. The summed E-state index contributed by atoms with van der Waals surface area (Å²) in [5.41, 5.74) is 0.955. The molecule has 0 aliphatic rings. The van der Waals surface area contributed by atoms with E-state index in [0.29, 0.717) is 6.42 Å². The second-order valence-corrected chi connectivity index (χ2v) is 8.96. The molecular weight excluding hydrogens is 286 g/mol. The molecule has 0 saturated heterocycles. The molecule has 1 atom stereocenters. The SMILES string of the molecule is CCC(C(=O)NCCS(=O)(=O)C(C)(C)C)c1ccccc1. The summed E-state index contributed by atoms with van der Waals surface area (Å²) in [4.78, 5) is 12.2.